The van der Waals surface area contributed by atoms with Crippen molar-refractivity contribution in [3.63, 3.8) is 0 Å². The van der Waals surface area contributed by atoms with Gasteiger partial charge in [0.1, 0.15) is 12.1 Å². The zero-order valence-corrected chi connectivity index (χ0v) is 14.2. The van der Waals surface area contributed by atoms with Gasteiger partial charge in [0.05, 0.1) is 18.1 Å². The molecule has 0 N–H and O–H groups in total. The van der Waals surface area contributed by atoms with Crippen LogP contribution in [-0.4, -0.2) is 61.0 Å². The van der Waals surface area contributed by atoms with E-state index in [0.29, 0.717) is 5.92 Å². The Balaban J connectivity index is 1.25. The highest BCUT2D eigenvalue weighted by Gasteiger charge is 2.30. The normalized spacial score (nSPS) is 19.0. The van der Waals surface area contributed by atoms with Crippen molar-refractivity contribution in [1.82, 2.24) is 34.8 Å². The minimum Gasteiger partial charge on any atom is -0.424 e. The zero-order valence-electron chi connectivity index (χ0n) is 14.2. The molecule has 0 amide bonds. The zero-order chi connectivity index (χ0) is 16.8. The number of aromatic nitrogens is 6. The molecule has 9 nitrogen and oxygen atoms in total. The maximum absolute atomic E-state index is 5.77. The van der Waals surface area contributed by atoms with Crippen molar-refractivity contribution in [2.45, 2.75) is 25.3 Å². The summed E-state index contributed by atoms with van der Waals surface area (Å²) in [5.41, 5.74) is 0.867. The fourth-order valence-electron chi connectivity index (χ4n) is 3.34. The predicted molar refractivity (Wildman–Crippen MR) is 90.1 cm³/mol. The number of aryl methyl sites for hydroxylation is 1. The largest absolute Gasteiger partial charge is 0.424 e. The van der Waals surface area contributed by atoms with E-state index < -0.39 is 0 Å². The lowest BCUT2D eigenvalue weighted by Crippen LogP contribution is -2.46. The Kier molecular flexibility index (Phi) is 3.40. The molecule has 0 spiro atoms. The molecule has 3 aromatic heterocycles. The van der Waals surface area contributed by atoms with Gasteiger partial charge in [-0.05, 0) is 12.8 Å². The Labute approximate surface area is 144 Å². The lowest BCUT2D eigenvalue weighted by Gasteiger charge is -2.34. The maximum Gasteiger partial charge on any atom is 0.230 e. The highest BCUT2D eigenvalue weighted by Crippen LogP contribution is 2.39. The van der Waals surface area contributed by atoms with Crippen LogP contribution in [0.2, 0.25) is 0 Å². The Morgan fingerprint density at radius 3 is 2.76 bits per heavy atom. The van der Waals surface area contributed by atoms with Gasteiger partial charge < -0.3 is 9.32 Å². The third kappa shape index (κ3) is 2.74. The molecule has 1 saturated carbocycles. The number of hydrogen-bond donors (Lipinski definition) is 0. The molecule has 3 aromatic rings. The second kappa shape index (κ2) is 5.76. The molecule has 0 radical (unpaired) electrons. The number of fused-ring (bicyclic) bond motifs is 1. The van der Waals surface area contributed by atoms with Gasteiger partial charge in [0.2, 0.25) is 11.8 Å². The van der Waals surface area contributed by atoms with Gasteiger partial charge in [-0.2, -0.15) is 5.10 Å². The third-order valence-electron chi connectivity index (χ3n) is 4.95. The first kappa shape index (κ1) is 14.8. The van der Waals surface area contributed by atoms with E-state index in [2.05, 4.69) is 35.1 Å². The topological polar surface area (TPSA) is 89.0 Å². The smallest absolute Gasteiger partial charge is 0.230 e. The molecule has 0 unspecified atom stereocenters. The van der Waals surface area contributed by atoms with Gasteiger partial charge in [-0.15, -0.1) is 10.2 Å². The van der Waals surface area contributed by atoms with Crippen molar-refractivity contribution in [3.05, 3.63) is 24.3 Å². The summed E-state index contributed by atoms with van der Waals surface area (Å²) in [6, 6.07) is 0. The molecular weight excluding hydrogens is 320 g/mol. The second-order valence-electron chi connectivity index (χ2n) is 6.77. The molecule has 9 heteroatoms. The SMILES string of the molecule is Cn1ncc2c(N3CCN(Cc4nnc(C5CC5)o4)CC3)ncnc21. The van der Waals surface area contributed by atoms with Gasteiger partial charge in [0.15, 0.2) is 5.65 Å². The number of nitrogens with zero attached hydrogens (tertiary/aromatic N) is 8. The molecule has 2 aliphatic rings. The second-order valence-corrected chi connectivity index (χ2v) is 6.77. The third-order valence-corrected chi connectivity index (χ3v) is 4.95. The minimum absolute atomic E-state index is 0.512. The number of rotatable bonds is 4. The van der Waals surface area contributed by atoms with Crippen molar-refractivity contribution in [1.29, 1.82) is 0 Å². The lowest BCUT2D eigenvalue weighted by molar-refractivity contribution is 0.224. The summed E-state index contributed by atoms with van der Waals surface area (Å²) in [5, 5.41) is 13.6. The number of piperazine rings is 1. The Hall–Kier alpha value is -2.55. The lowest BCUT2D eigenvalue weighted by atomic mass is 10.3. The number of anilines is 1. The average Bonchev–Trinajstić information content (AvgIpc) is 3.28. The molecule has 130 valence electrons. The first-order valence-corrected chi connectivity index (χ1v) is 8.70. The van der Waals surface area contributed by atoms with E-state index in [0.717, 1.165) is 61.4 Å². The molecule has 0 bridgehead atoms. The molecule has 4 heterocycles. The van der Waals surface area contributed by atoms with E-state index in [1.807, 2.05) is 13.2 Å². The van der Waals surface area contributed by atoms with Crippen molar-refractivity contribution < 1.29 is 4.42 Å². The Bertz CT molecular complexity index is 891. The molecule has 1 saturated heterocycles. The standard InChI is InChI=1S/C16H20N8O/c1-22-14-12(8-19-22)15(18-10-17-14)24-6-4-23(5-7-24)9-13-20-21-16(25-13)11-2-3-11/h8,10-11H,2-7,9H2,1H3. The average molecular weight is 340 g/mol. The molecule has 5 rings (SSSR count). The predicted octanol–water partition coefficient (Wildman–Crippen LogP) is 0.946. The summed E-state index contributed by atoms with van der Waals surface area (Å²) in [5.74, 6) is 3.02. The summed E-state index contributed by atoms with van der Waals surface area (Å²) in [7, 11) is 1.90. The van der Waals surface area contributed by atoms with Crippen LogP contribution in [0.3, 0.4) is 0 Å². The van der Waals surface area contributed by atoms with Crippen LogP contribution in [0.5, 0.6) is 0 Å². The van der Waals surface area contributed by atoms with Crippen LogP contribution in [0, 0.1) is 0 Å². The van der Waals surface area contributed by atoms with E-state index in [-0.39, 0.29) is 0 Å². The molecule has 1 aliphatic heterocycles. The first-order valence-electron chi connectivity index (χ1n) is 8.70. The summed E-state index contributed by atoms with van der Waals surface area (Å²) < 4.78 is 7.55. The van der Waals surface area contributed by atoms with Crippen LogP contribution < -0.4 is 4.90 Å². The highest BCUT2D eigenvalue weighted by atomic mass is 16.4. The van der Waals surface area contributed by atoms with Gasteiger partial charge in [0, 0.05) is 39.1 Å². The van der Waals surface area contributed by atoms with Crippen LogP contribution in [-0.2, 0) is 13.6 Å². The van der Waals surface area contributed by atoms with Gasteiger partial charge in [-0.25, -0.2) is 9.97 Å². The van der Waals surface area contributed by atoms with E-state index in [1.165, 1.54) is 12.8 Å². The summed E-state index contributed by atoms with van der Waals surface area (Å²) in [4.78, 5) is 13.4. The van der Waals surface area contributed by atoms with E-state index in [1.54, 1.807) is 11.0 Å². The van der Waals surface area contributed by atoms with Crippen LogP contribution in [0.1, 0.15) is 30.5 Å². The molecule has 0 aromatic carbocycles. The van der Waals surface area contributed by atoms with Gasteiger partial charge >= 0.3 is 0 Å². The minimum atomic E-state index is 0.512. The van der Waals surface area contributed by atoms with Crippen molar-refractivity contribution in [3.8, 4) is 0 Å². The molecule has 2 fully saturated rings. The monoisotopic (exact) mass is 340 g/mol. The van der Waals surface area contributed by atoms with Crippen LogP contribution >= 0.6 is 0 Å². The van der Waals surface area contributed by atoms with Crippen LogP contribution in [0.4, 0.5) is 5.82 Å². The van der Waals surface area contributed by atoms with E-state index >= 15 is 0 Å². The molecule has 25 heavy (non-hydrogen) atoms. The van der Waals surface area contributed by atoms with Gasteiger partial charge in [0.25, 0.3) is 0 Å². The fourth-order valence-corrected chi connectivity index (χ4v) is 3.34. The Morgan fingerprint density at radius 2 is 1.96 bits per heavy atom. The summed E-state index contributed by atoms with van der Waals surface area (Å²) >= 11 is 0. The Morgan fingerprint density at radius 1 is 1.12 bits per heavy atom. The highest BCUT2D eigenvalue weighted by molar-refractivity contribution is 5.86. The van der Waals surface area contributed by atoms with E-state index in [9.17, 15) is 0 Å². The van der Waals surface area contributed by atoms with Crippen molar-refractivity contribution >= 4 is 16.9 Å². The number of hydrogen-bond acceptors (Lipinski definition) is 8. The van der Waals surface area contributed by atoms with Crippen LogP contribution in [0.25, 0.3) is 11.0 Å². The first-order chi connectivity index (χ1) is 12.3. The summed E-state index contributed by atoms with van der Waals surface area (Å²) in [6.45, 7) is 4.41. The summed E-state index contributed by atoms with van der Waals surface area (Å²) in [6.07, 6.45) is 5.82. The maximum atomic E-state index is 5.77. The fraction of sp³-hybridized carbons (Fsp3) is 0.562. The van der Waals surface area contributed by atoms with Crippen molar-refractivity contribution in [2.75, 3.05) is 31.1 Å². The molecule has 0 atom stereocenters. The van der Waals surface area contributed by atoms with Gasteiger partial charge in [-0.1, -0.05) is 0 Å². The molecular formula is C16H20N8O. The van der Waals surface area contributed by atoms with Crippen LogP contribution in [0.15, 0.2) is 16.9 Å². The van der Waals surface area contributed by atoms with Crippen molar-refractivity contribution in [2.24, 2.45) is 7.05 Å². The molecule has 1 aliphatic carbocycles. The van der Waals surface area contributed by atoms with Gasteiger partial charge in [-0.3, -0.25) is 9.58 Å². The quantitative estimate of drug-likeness (QED) is 0.693. The van der Waals surface area contributed by atoms with E-state index in [4.69, 9.17) is 4.42 Å².